The van der Waals surface area contributed by atoms with Crippen molar-refractivity contribution in [2.75, 3.05) is 29.4 Å². The first kappa shape index (κ1) is 16.4. The maximum absolute atomic E-state index is 12.7. The van der Waals surface area contributed by atoms with E-state index in [0.29, 0.717) is 17.5 Å². The number of nitrogens with zero attached hydrogens (tertiary/aromatic N) is 5. The Morgan fingerprint density at radius 2 is 1.83 bits per heavy atom. The molecule has 6 nitrogen and oxygen atoms in total. The van der Waals surface area contributed by atoms with Gasteiger partial charge in [0.05, 0.1) is 17.4 Å². The number of hydrogen-bond donors (Lipinski definition) is 0. The minimum atomic E-state index is -4.56. The molecule has 0 bridgehead atoms. The molecule has 0 spiro atoms. The average molecular weight is 358 g/mol. The molecule has 0 aliphatic carbocycles. The van der Waals surface area contributed by atoms with Crippen molar-refractivity contribution in [3.05, 3.63) is 41.4 Å². The normalized spacial score (nSPS) is 15.8. The number of amides is 1. The fourth-order valence-electron chi connectivity index (χ4n) is 2.33. The summed E-state index contributed by atoms with van der Waals surface area (Å²) in [6, 6.07) is 2.24. The van der Waals surface area contributed by atoms with Crippen LogP contribution in [-0.2, 0) is 11.0 Å². The number of aromatic nitrogens is 3. The first-order chi connectivity index (χ1) is 11.3. The Kier molecular flexibility index (Phi) is 4.27. The van der Waals surface area contributed by atoms with Crippen LogP contribution in [0.4, 0.5) is 24.8 Å². The minimum absolute atomic E-state index is 0.0364. The van der Waals surface area contributed by atoms with Crippen molar-refractivity contribution in [1.29, 1.82) is 0 Å². The third-order valence-electron chi connectivity index (χ3n) is 3.46. The van der Waals surface area contributed by atoms with E-state index in [-0.39, 0.29) is 24.7 Å². The van der Waals surface area contributed by atoms with E-state index < -0.39 is 11.9 Å². The molecule has 3 heterocycles. The summed E-state index contributed by atoms with van der Waals surface area (Å²) in [4.78, 5) is 26.6. The molecule has 1 saturated heterocycles. The van der Waals surface area contributed by atoms with Gasteiger partial charge in [-0.25, -0.2) is 9.97 Å². The summed E-state index contributed by atoms with van der Waals surface area (Å²) in [6.45, 7) is 0.564. The number of piperazine rings is 1. The molecule has 1 aliphatic heterocycles. The SMILES string of the molecule is O=C1CN(c2ncc(Cl)cn2)CCN1c1ccnc(C(F)(F)F)c1. The van der Waals surface area contributed by atoms with Crippen LogP contribution in [0.1, 0.15) is 5.69 Å². The third kappa shape index (κ3) is 3.40. The molecule has 0 unspecified atom stereocenters. The maximum atomic E-state index is 12.7. The zero-order valence-electron chi connectivity index (χ0n) is 12.2. The Morgan fingerprint density at radius 1 is 1.12 bits per heavy atom. The number of halogens is 4. The van der Waals surface area contributed by atoms with Gasteiger partial charge < -0.3 is 9.80 Å². The van der Waals surface area contributed by atoms with E-state index in [1.807, 2.05) is 0 Å². The molecule has 2 aromatic rings. The molecule has 0 atom stereocenters. The smallest absolute Gasteiger partial charge is 0.330 e. The molecule has 24 heavy (non-hydrogen) atoms. The van der Waals surface area contributed by atoms with Gasteiger partial charge in [0, 0.05) is 25.0 Å². The van der Waals surface area contributed by atoms with Gasteiger partial charge in [-0.2, -0.15) is 13.2 Å². The Balaban J connectivity index is 1.77. The monoisotopic (exact) mass is 357 g/mol. The lowest BCUT2D eigenvalue weighted by Crippen LogP contribution is -2.51. The fourth-order valence-corrected chi connectivity index (χ4v) is 2.43. The highest BCUT2D eigenvalue weighted by molar-refractivity contribution is 6.30. The van der Waals surface area contributed by atoms with Crippen LogP contribution in [0.15, 0.2) is 30.7 Å². The van der Waals surface area contributed by atoms with Crippen molar-refractivity contribution in [1.82, 2.24) is 15.0 Å². The van der Waals surface area contributed by atoms with Crippen LogP contribution in [0.5, 0.6) is 0 Å². The number of hydrogen-bond acceptors (Lipinski definition) is 5. The fraction of sp³-hybridized carbons (Fsp3) is 0.286. The molecule has 2 aromatic heterocycles. The lowest BCUT2D eigenvalue weighted by atomic mass is 10.2. The second-order valence-corrected chi connectivity index (χ2v) is 5.50. The van der Waals surface area contributed by atoms with Crippen LogP contribution in [0.3, 0.4) is 0 Å². The highest BCUT2D eigenvalue weighted by Crippen LogP contribution is 2.30. The van der Waals surface area contributed by atoms with Crippen molar-refractivity contribution < 1.29 is 18.0 Å². The molecule has 1 aliphatic rings. The summed E-state index contributed by atoms with van der Waals surface area (Å²) in [7, 11) is 0. The van der Waals surface area contributed by atoms with Gasteiger partial charge in [0.25, 0.3) is 0 Å². The number of carbonyl (C=O) groups excluding carboxylic acids is 1. The summed E-state index contributed by atoms with van der Waals surface area (Å²) < 4.78 is 38.2. The third-order valence-corrected chi connectivity index (χ3v) is 3.65. The van der Waals surface area contributed by atoms with Crippen molar-refractivity contribution in [2.24, 2.45) is 0 Å². The number of anilines is 2. The molecule has 0 N–H and O–H groups in total. The standard InChI is InChI=1S/C14H11ClF3N5O/c15-9-6-20-13(21-7-9)22-3-4-23(12(24)8-22)10-1-2-19-11(5-10)14(16,17)18/h1-2,5-7H,3-4,8H2. The van der Waals surface area contributed by atoms with Crippen LogP contribution in [0.25, 0.3) is 0 Å². The van der Waals surface area contributed by atoms with Gasteiger partial charge >= 0.3 is 6.18 Å². The Bertz CT molecular complexity index is 753. The zero-order valence-corrected chi connectivity index (χ0v) is 12.9. The van der Waals surface area contributed by atoms with Gasteiger partial charge in [0.1, 0.15) is 12.2 Å². The molecule has 0 aromatic carbocycles. The summed E-state index contributed by atoms with van der Waals surface area (Å²) in [5.41, 5.74) is -0.865. The molecule has 0 radical (unpaired) electrons. The highest BCUT2D eigenvalue weighted by Gasteiger charge is 2.34. The molecule has 0 saturated carbocycles. The van der Waals surface area contributed by atoms with E-state index in [9.17, 15) is 18.0 Å². The predicted octanol–water partition coefficient (Wildman–Crippen LogP) is 2.40. The van der Waals surface area contributed by atoms with E-state index in [2.05, 4.69) is 15.0 Å². The van der Waals surface area contributed by atoms with Crippen LogP contribution >= 0.6 is 11.6 Å². The second-order valence-electron chi connectivity index (χ2n) is 5.07. The number of pyridine rings is 1. The quantitative estimate of drug-likeness (QED) is 0.826. The molecule has 10 heteroatoms. The van der Waals surface area contributed by atoms with Gasteiger partial charge in [-0.05, 0) is 12.1 Å². The van der Waals surface area contributed by atoms with Crippen molar-refractivity contribution in [3.63, 3.8) is 0 Å². The van der Waals surface area contributed by atoms with Gasteiger partial charge in [0.2, 0.25) is 11.9 Å². The minimum Gasteiger partial charge on any atom is -0.330 e. The van der Waals surface area contributed by atoms with E-state index in [1.54, 1.807) is 4.90 Å². The predicted molar refractivity (Wildman–Crippen MR) is 80.8 cm³/mol. The lowest BCUT2D eigenvalue weighted by molar-refractivity contribution is -0.141. The van der Waals surface area contributed by atoms with E-state index >= 15 is 0 Å². The van der Waals surface area contributed by atoms with Crippen LogP contribution < -0.4 is 9.80 Å². The molecule has 1 fully saturated rings. The lowest BCUT2D eigenvalue weighted by Gasteiger charge is -2.34. The molecule has 1 amide bonds. The second kappa shape index (κ2) is 6.23. The summed E-state index contributed by atoms with van der Waals surface area (Å²) in [5.74, 6) is -0.00256. The van der Waals surface area contributed by atoms with Crippen LogP contribution in [0.2, 0.25) is 5.02 Å². The Labute approximate surface area is 139 Å². The number of rotatable bonds is 2. The van der Waals surface area contributed by atoms with Crippen molar-refractivity contribution >= 4 is 29.1 Å². The molecule has 126 valence electrons. The van der Waals surface area contributed by atoms with Crippen LogP contribution in [0, 0.1) is 0 Å². The van der Waals surface area contributed by atoms with E-state index in [1.165, 1.54) is 23.4 Å². The van der Waals surface area contributed by atoms with Gasteiger partial charge in [0.15, 0.2) is 0 Å². The van der Waals surface area contributed by atoms with E-state index in [0.717, 1.165) is 12.3 Å². The molecule has 3 rings (SSSR count). The maximum Gasteiger partial charge on any atom is 0.433 e. The first-order valence-electron chi connectivity index (χ1n) is 6.91. The van der Waals surface area contributed by atoms with Gasteiger partial charge in [-0.1, -0.05) is 11.6 Å². The highest BCUT2D eigenvalue weighted by atomic mass is 35.5. The van der Waals surface area contributed by atoms with Crippen LogP contribution in [-0.4, -0.2) is 40.5 Å². The molecular formula is C14H11ClF3N5O. The average Bonchev–Trinajstić information content (AvgIpc) is 2.55. The summed E-state index contributed by atoms with van der Waals surface area (Å²) in [6.07, 6.45) is -0.684. The first-order valence-corrected chi connectivity index (χ1v) is 7.28. The van der Waals surface area contributed by atoms with Crippen molar-refractivity contribution in [3.8, 4) is 0 Å². The van der Waals surface area contributed by atoms with Gasteiger partial charge in [-0.15, -0.1) is 0 Å². The summed E-state index contributed by atoms with van der Waals surface area (Å²) >= 11 is 5.72. The Morgan fingerprint density at radius 3 is 2.46 bits per heavy atom. The van der Waals surface area contributed by atoms with Crippen molar-refractivity contribution in [2.45, 2.75) is 6.18 Å². The van der Waals surface area contributed by atoms with E-state index in [4.69, 9.17) is 11.6 Å². The number of carbonyl (C=O) groups is 1. The van der Waals surface area contributed by atoms with Gasteiger partial charge in [-0.3, -0.25) is 9.78 Å². The number of alkyl halides is 3. The summed E-state index contributed by atoms with van der Waals surface area (Å²) in [5, 5.41) is 0.375. The zero-order chi connectivity index (χ0) is 17.3. The largest absolute Gasteiger partial charge is 0.433 e. The topological polar surface area (TPSA) is 62.2 Å². The Hall–Kier alpha value is -2.42. The molecular weight excluding hydrogens is 347 g/mol.